The summed E-state index contributed by atoms with van der Waals surface area (Å²) in [7, 11) is 0. The number of nitrogens with zero attached hydrogens (tertiary/aromatic N) is 1. The number of halogens is 1. The fraction of sp³-hybridized carbons (Fsp3) is 0.588. The topological polar surface area (TPSA) is 46.3 Å². The smallest absolute Gasteiger partial charge is 0.222 e. The molecule has 0 spiro atoms. The summed E-state index contributed by atoms with van der Waals surface area (Å²) in [6, 6.07) is 8.84. The molecular formula is C17H27ClN2O. The summed E-state index contributed by atoms with van der Waals surface area (Å²) in [5.74, 6) is 0.282. The summed E-state index contributed by atoms with van der Waals surface area (Å²) in [5.41, 5.74) is 8.57. The van der Waals surface area contributed by atoms with Crippen molar-refractivity contribution in [2.24, 2.45) is 5.73 Å². The molecule has 0 bridgehead atoms. The molecule has 2 rings (SSSR count). The second kappa shape index (κ2) is 9.06. The van der Waals surface area contributed by atoms with Gasteiger partial charge < -0.3 is 10.6 Å². The molecule has 1 aromatic carbocycles. The Morgan fingerprint density at radius 1 is 1.29 bits per heavy atom. The number of unbranched alkanes of at least 4 members (excludes halogenated alkanes) is 1. The maximum Gasteiger partial charge on any atom is 0.222 e. The van der Waals surface area contributed by atoms with Crippen molar-refractivity contribution in [2.45, 2.75) is 51.5 Å². The van der Waals surface area contributed by atoms with Crippen LogP contribution in [0.25, 0.3) is 0 Å². The summed E-state index contributed by atoms with van der Waals surface area (Å²) in [4.78, 5) is 14.0. The van der Waals surface area contributed by atoms with Gasteiger partial charge in [0.25, 0.3) is 0 Å². The molecule has 1 fully saturated rings. The minimum atomic E-state index is 0. The fourth-order valence-electron chi connectivity index (χ4n) is 2.75. The highest BCUT2D eigenvalue weighted by molar-refractivity contribution is 5.85. The van der Waals surface area contributed by atoms with Crippen molar-refractivity contribution in [3.8, 4) is 0 Å². The first-order chi connectivity index (χ1) is 9.65. The Labute approximate surface area is 134 Å². The number of benzene rings is 1. The van der Waals surface area contributed by atoms with E-state index in [-0.39, 0.29) is 24.4 Å². The van der Waals surface area contributed by atoms with Crippen LogP contribution in [0.1, 0.15) is 43.2 Å². The largest absolute Gasteiger partial charge is 0.341 e. The minimum absolute atomic E-state index is 0. The Kier molecular flexibility index (Phi) is 7.76. The van der Waals surface area contributed by atoms with Gasteiger partial charge in [0, 0.05) is 25.6 Å². The molecule has 2 N–H and O–H groups in total. The highest BCUT2D eigenvalue weighted by Gasteiger charge is 2.20. The van der Waals surface area contributed by atoms with Gasteiger partial charge in [-0.1, -0.05) is 29.8 Å². The van der Waals surface area contributed by atoms with Crippen molar-refractivity contribution < 1.29 is 4.79 Å². The molecule has 1 saturated heterocycles. The van der Waals surface area contributed by atoms with E-state index in [1.807, 2.05) is 4.90 Å². The van der Waals surface area contributed by atoms with E-state index in [0.29, 0.717) is 6.42 Å². The minimum Gasteiger partial charge on any atom is -0.341 e. The average molecular weight is 311 g/mol. The standard InChI is InChI=1S/C17H26N2O.ClH/c1-14-8-10-15(11-9-14)5-2-3-7-17(20)19-12-4-6-16(18)13-19;/h8-11,16H,2-7,12-13,18H2,1H3;1H. The van der Waals surface area contributed by atoms with Crippen LogP contribution in [0.2, 0.25) is 0 Å². The maximum absolute atomic E-state index is 12.1. The van der Waals surface area contributed by atoms with Crippen molar-refractivity contribution in [1.29, 1.82) is 0 Å². The van der Waals surface area contributed by atoms with Crippen molar-refractivity contribution >= 4 is 18.3 Å². The highest BCUT2D eigenvalue weighted by atomic mass is 35.5. The van der Waals surface area contributed by atoms with Gasteiger partial charge in [0.15, 0.2) is 0 Å². The van der Waals surface area contributed by atoms with E-state index in [9.17, 15) is 4.79 Å². The zero-order valence-electron chi connectivity index (χ0n) is 12.9. The van der Waals surface area contributed by atoms with Crippen LogP contribution in [0.5, 0.6) is 0 Å². The summed E-state index contributed by atoms with van der Waals surface area (Å²) in [6.07, 6.45) is 5.88. The highest BCUT2D eigenvalue weighted by Crippen LogP contribution is 2.12. The Morgan fingerprint density at radius 2 is 2.00 bits per heavy atom. The van der Waals surface area contributed by atoms with Gasteiger partial charge in [0.2, 0.25) is 5.91 Å². The third-order valence-corrected chi connectivity index (χ3v) is 4.04. The number of carbonyl (C=O) groups excluding carboxylic acids is 1. The Balaban J connectivity index is 0.00000220. The van der Waals surface area contributed by atoms with Gasteiger partial charge >= 0.3 is 0 Å². The number of amides is 1. The van der Waals surface area contributed by atoms with Gasteiger partial charge in [-0.05, 0) is 44.6 Å². The average Bonchev–Trinajstić information content (AvgIpc) is 2.45. The van der Waals surface area contributed by atoms with Gasteiger partial charge in [-0.3, -0.25) is 4.79 Å². The molecule has 0 aromatic heterocycles. The maximum atomic E-state index is 12.1. The molecular weight excluding hydrogens is 284 g/mol. The van der Waals surface area contributed by atoms with E-state index in [1.54, 1.807) is 0 Å². The van der Waals surface area contributed by atoms with Crippen molar-refractivity contribution in [3.63, 3.8) is 0 Å². The van der Waals surface area contributed by atoms with Crippen molar-refractivity contribution in [1.82, 2.24) is 4.90 Å². The lowest BCUT2D eigenvalue weighted by atomic mass is 10.0. The van der Waals surface area contributed by atoms with Crippen molar-refractivity contribution in [3.05, 3.63) is 35.4 Å². The lowest BCUT2D eigenvalue weighted by Gasteiger charge is -2.30. The van der Waals surface area contributed by atoms with Crippen LogP contribution in [0.15, 0.2) is 24.3 Å². The van der Waals surface area contributed by atoms with E-state index in [0.717, 1.165) is 45.2 Å². The summed E-state index contributed by atoms with van der Waals surface area (Å²) in [6.45, 7) is 3.74. The molecule has 3 nitrogen and oxygen atoms in total. The molecule has 118 valence electrons. The molecule has 21 heavy (non-hydrogen) atoms. The van der Waals surface area contributed by atoms with Crippen LogP contribution in [0.4, 0.5) is 0 Å². The lowest BCUT2D eigenvalue weighted by molar-refractivity contribution is -0.132. The zero-order chi connectivity index (χ0) is 14.4. The number of likely N-dealkylation sites (tertiary alicyclic amines) is 1. The van der Waals surface area contributed by atoms with Crippen LogP contribution in [-0.2, 0) is 11.2 Å². The molecule has 0 aliphatic carbocycles. The van der Waals surface area contributed by atoms with Gasteiger partial charge in [-0.25, -0.2) is 0 Å². The van der Waals surface area contributed by atoms with Gasteiger partial charge in [0.05, 0.1) is 0 Å². The second-order valence-electron chi connectivity index (χ2n) is 5.93. The third-order valence-electron chi connectivity index (χ3n) is 4.04. The molecule has 1 heterocycles. The fourth-order valence-corrected chi connectivity index (χ4v) is 2.75. The van der Waals surface area contributed by atoms with Crippen LogP contribution < -0.4 is 5.73 Å². The second-order valence-corrected chi connectivity index (χ2v) is 5.93. The van der Waals surface area contributed by atoms with E-state index < -0.39 is 0 Å². The van der Waals surface area contributed by atoms with E-state index in [1.165, 1.54) is 11.1 Å². The predicted molar refractivity (Wildman–Crippen MR) is 89.8 cm³/mol. The molecule has 1 aliphatic rings. The quantitative estimate of drug-likeness (QED) is 0.850. The number of rotatable bonds is 5. The summed E-state index contributed by atoms with van der Waals surface area (Å²) in [5, 5.41) is 0. The van der Waals surface area contributed by atoms with Gasteiger partial charge in [-0.2, -0.15) is 0 Å². The van der Waals surface area contributed by atoms with E-state index in [4.69, 9.17) is 5.73 Å². The number of aryl methyl sites for hydroxylation is 2. The molecule has 0 saturated carbocycles. The lowest BCUT2D eigenvalue weighted by Crippen LogP contribution is -2.45. The normalized spacial score (nSPS) is 18.2. The van der Waals surface area contributed by atoms with E-state index >= 15 is 0 Å². The molecule has 4 heteroatoms. The first kappa shape index (κ1) is 18.0. The number of hydrogen-bond donors (Lipinski definition) is 1. The van der Waals surface area contributed by atoms with Crippen LogP contribution in [-0.4, -0.2) is 29.9 Å². The van der Waals surface area contributed by atoms with Crippen molar-refractivity contribution in [2.75, 3.05) is 13.1 Å². The van der Waals surface area contributed by atoms with E-state index in [2.05, 4.69) is 31.2 Å². The Bertz CT molecular complexity index is 433. The zero-order valence-corrected chi connectivity index (χ0v) is 13.7. The Hall–Kier alpha value is -1.06. The molecule has 0 radical (unpaired) electrons. The number of nitrogens with two attached hydrogens (primary N) is 1. The monoisotopic (exact) mass is 310 g/mol. The molecule has 1 unspecified atom stereocenters. The molecule has 1 atom stereocenters. The Morgan fingerprint density at radius 3 is 2.67 bits per heavy atom. The first-order valence-electron chi connectivity index (χ1n) is 7.74. The van der Waals surface area contributed by atoms with Crippen LogP contribution in [0, 0.1) is 6.92 Å². The molecule has 1 amide bonds. The van der Waals surface area contributed by atoms with Gasteiger partial charge in [-0.15, -0.1) is 12.4 Å². The SMILES string of the molecule is Cc1ccc(CCCCC(=O)N2CCCC(N)C2)cc1.Cl. The number of hydrogen-bond acceptors (Lipinski definition) is 2. The van der Waals surface area contributed by atoms with Gasteiger partial charge in [0.1, 0.15) is 0 Å². The molecule has 1 aromatic rings. The first-order valence-corrected chi connectivity index (χ1v) is 7.74. The number of piperidine rings is 1. The molecule has 1 aliphatic heterocycles. The summed E-state index contributed by atoms with van der Waals surface area (Å²) >= 11 is 0. The predicted octanol–water partition coefficient (Wildman–Crippen LogP) is 3.08. The van der Waals surface area contributed by atoms with Crippen LogP contribution in [0.3, 0.4) is 0 Å². The number of carbonyl (C=O) groups is 1. The third kappa shape index (κ3) is 6.06. The summed E-state index contributed by atoms with van der Waals surface area (Å²) < 4.78 is 0. The van der Waals surface area contributed by atoms with Crippen LogP contribution >= 0.6 is 12.4 Å².